The highest BCUT2D eigenvalue weighted by atomic mass is 19.1. The van der Waals surface area contributed by atoms with Gasteiger partial charge in [0.25, 0.3) is 0 Å². The number of aryl methyl sites for hydroxylation is 1. The molecule has 0 saturated carbocycles. The van der Waals surface area contributed by atoms with Gasteiger partial charge in [0.2, 0.25) is 0 Å². The van der Waals surface area contributed by atoms with Crippen molar-refractivity contribution in [3.8, 4) is 5.75 Å². The van der Waals surface area contributed by atoms with E-state index in [0.717, 1.165) is 24.4 Å². The smallest absolute Gasteiger partial charge is 0.123 e. The zero-order valence-electron chi connectivity index (χ0n) is 8.92. The molecule has 1 aromatic carbocycles. The summed E-state index contributed by atoms with van der Waals surface area (Å²) in [5.74, 6) is 0.501. The predicted octanol–water partition coefficient (Wildman–Crippen LogP) is 2.29. The standard InChI is InChI=1S/C12H16FNO/c1-3-6-14-7-8-15-12-5-4-11(13)9-10(12)2/h3-5,9,14H,1,6-8H2,2H3. The molecule has 0 radical (unpaired) electrons. The lowest BCUT2D eigenvalue weighted by atomic mass is 10.2. The number of ether oxygens (including phenoxy) is 1. The summed E-state index contributed by atoms with van der Waals surface area (Å²) in [5, 5.41) is 3.12. The molecule has 82 valence electrons. The van der Waals surface area contributed by atoms with Gasteiger partial charge in [-0.05, 0) is 30.7 Å². The van der Waals surface area contributed by atoms with Crippen molar-refractivity contribution in [1.29, 1.82) is 0 Å². The zero-order chi connectivity index (χ0) is 11.1. The normalized spacial score (nSPS) is 10.0. The van der Waals surface area contributed by atoms with Gasteiger partial charge in [-0.15, -0.1) is 6.58 Å². The summed E-state index contributed by atoms with van der Waals surface area (Å²) in [6, 6.07) is 4.52. The number of hydrogen-bond acceptors (Lipinski definition) is 2. The third kappa shape index (κ3) is 4.13. The van der Waals surface area contributed by atoms with Gasteiger partial charge < -0.3 is 10.1 Å². The van der Waals surface area contributed by atoms with Gasteiger partial charge in [-0.2, -0.15) is 0 Å². The second kappa shape index (κ2) is 6.19. The highest BCUT2D eigenvalue weighted by Gasteiger charge is 1.99. The molecule has 0 atom stereocenters. The van der Waals surface area contributed by atoms with Crippen molar-refractivity contribution in [2.75, 3.05) is 19.7 Å². The van der Waals surface area contributed by atoms with Gasteiger partial charge >= 0.3 is 0 Å². The van der Waals surface area contributed by atoms with Crippen molar-refractivity contribution in [2.45, 2.75) is 6.92 Å². The molecule has 0 amide bonds. The Hall–Kier alpha value is -1.35. The Morgan fingerprint density at radius 2 is 2.33 bits per heavy atom. The number of hydrogen-bond donors (Lipinski definition) is 1. The Balaban J connectivity index is 2.34. The summed E-state index contributed by atoms with van der Waals surface area (Å²) in [4.78, 5) is 0. The van der Waals surface area contributed by atoms with Crippen molar-refractivity contribution in [1.82, 2.24) is 5.32 Å². The van der Waals surface area contributed by atoms with Crippen LogP contribution in [-0.2, 0) is 0 Å². The lowest BCUT2D eigenvalue weighted by Crippen LogP contribution is -2.21. The van der Waals surface area contributed by atoms with Crippen LogP contribution >= 0.6 is 0 Å². The van der Waals surface area contributed by atoms with Gasteiger partial charge in [0.1, 0.15) is 18.2 Å². The maximum atomic E-state index is 12.8. The van der Waals surface area contributed by atoms with E-state index in [4.69, 9.17) is 4.74 Å². The molecule has 0 spiro atoms. The number of benzene rings is 1. The third-order valence-corrected chi connectivity index (χ3v) is 1.96. The minimum atomic E-state index is -0.232. The van der Waals surface area contributed by atoms with Crippen LogP contribution < -0.4 is 10.1 Å². The fourth-order valence-corrected chi connectivity index (χ4v) is 1.21. The molecule has 0 saturated heterocycles. The van der Waals surface area contributed by atoms with Crippen LogP contribution in [-0.4, -0.2) is 19.7 Å². The summed E-state index contributed by atoms with van der Waals surface area (Å²) >= 11 is 0. The molecule has 1 aromatic rings. The minimum Gasteiger partial charge on any atom is -0.492 e. The Bertz CT molecular complexity index is 325. The topological polar surface area (TPSA) is 21.3 Å². The summed E-state index contributed by atoms with van der Waals surface area (Å²) in [5.41, 5.74) is 0.818. The molecule has 0 aliphatic heterocycles. The molecule has 1 N–H and O–H groups in total. The second-order valence-electron chi connectivity index (χ2n) is 3.25. The van der Waals surface area contributed by atoms with Crippen LogP contribution in [0.4, 0.5) is 4.39 Å². The number of halogens is 1. The maximum Gasteiger partial charge on any atom is 0.123 e. The van der Waals surface area contributed by atoms with Gasteiger partial charge in [-0.3, -0.25) is 0 Å². The Morgan fingerprint density at radius 3 is 3.00 bits per heavy atom. The van der Waals surface area contributed by atoms with Gasteiger partial charge in [-0.25, -0.2) is 4.39 Å². The van der Waals surface area contributed by atoms with Crippen molar-refractivity contribution in [3.05, 3.63) is 42.2 Å². The molecule has 0 heterocycles. The Kier molecular flexibility index (Phi) is 4.84. The van der Waals surface area contributed by atoms with E-state index in [2.05, 4.69) is 11.9 Å². The first-order valence-electron chi connectivity index (χ1n) is 4.94. The molecule has 0 aliphatic carbocycles. The summed E-state index contributed by atoms with van der Waals surface area (Å²) < 4.78 is 18.2. The molecule has 0 bridgehead atoms. The molecule has 15 heavy (non-hydrogen) atoms. The van der Waals surface area contributed by atoms with E-state index >= 15 is 0 Å². The SMILES string of the molecule is C=CCNCCOc1ccc(F)cc1C. The minimum absolute atomic E-state index is 0.232. The second-order valence-corrected chi connectivity index (χ2v) is 3.25. The van der Waals surface area contributed by atoms with Crippen molar-refractivity contribution in [3.63, 3.8) is 0 Å². The predicted molar refractivity (Wildman–Crippen MR) is 59.7 cm³/mol. The van der Waals surface area contributed by atoms with Crippen LogP contribution in [0.2, 0.25) is 0 Å². The van der Waals surface area contributed by atoms with Crippen molar-refractivity contribution < 1.29 is 9.13 Å². The van der Waals surface area contributed by atoms with E-state index in [1.54, 1.807) is 12.1 Å². The van der Waals surface area contributed by atoms with Gasteiger partial charge in [0.15, 0.2) is 0 Å². The fraction of sp³-hybridized carbons (Fsp3) is 0.333. The molecular formula is C12H16FNO. The lowest BCUT2D eigenvalue weighted by Gasteiger charge is -2.08. The number of nitrogens with one attached hydrogen (secondary N) is 1. The summed E-state index contributed by atoms with van der Waals surface area (Å²) in [6.07, 6.45) is 1.79. The zero-order valence-corrected chi connectivity index (χ0v) is 8.92. The van der Waals surface area contributed by atoms with E-state index in [9.17, 15) is 4.39 Å². The van der Waals surface area contributed by atoms with Crippen LogP contribution in [0.25, 0.3) is 0 Å². The third-order valence-electron chi connectivity index (χ3n) is 1.96. The Labute approximate surface area is 89.8 Å². The van der Waals surface area contributed by atoms with Crippen molar-refractivity contribution in [2.24, 2.45) is 0 Å². The largest absolute Gasteiger partial charge is 0.492 e. The first kappa shape index (κ1) is 11.7. The average molecular weight is 209 g/mol. The van der Waals surface area contributed by atoms with Gasteiger partial charge in [0.05, 0.1) is 0 Å². The Morgan fingerprint density at radius 1 is 1.53 bits per heavy atom. The summed E-state index contributed by atoms with van der Waals surface area (Å²) in [6.45, 7) is 7.52. The van der Waals surface area contributed by atoms with Crippen LogP contribution in [0.15, 0.2) is 30.9 Å². The molecular weight excluding hydrogens is 193 g/mol. The summed E-state index contributed by atoms with van der Waals surface area (Å²) in [7, 11) is 0. The lowest BCUT2D eigenvalue weighted by molar-refractivity contribution is 0.314. The van der Waals surface area contributed by atoms with Crippen LogP contribution in [0, 0.1) is 12.7 Å². The van der Waals surface area contributed by atoms with Crippen LogP contribution in [0.3, 0.4) is 0 Å². The van der Waals surface area contributed by atoms with E-state index in [1.165, 1.54) is 12.1 Å². The molecule has 1 rings (SSSR count). The van der Waals surface area contributed by atoms with Crippen molar-refractivity contribution >= 4 is 0 Å². The van der Waals surface area contributed by atoms with Crippen LogP contribution in [0.5, 0.6) is 5.75 Å². The average Bonchev–Trinajstić information content (AvgIpc) is 2.20. The van der Waals surface area contributed by atoms with E-state index in [0.29, 0.717) is 6.61 Å². The van der Waals surface area contributed by atoms with E-state index in [1.807, 2.05) is 6.92 Å². The molecule has 0 aromatic heterocycles. The van der Waals surface area contributed by atoms with Crippen LogP contribution in [0.1, 0.15) is 5.56 Å². The molecule has 0 unspecified atom stereocenters. The highest BCUT2D eigenvalue weighted by Crippen LogP contribution is 2.17. The first-order chi connectivity index (χ1) is 7.24. The van der Waals surface area contributed by atoms with Gasteiger partial charge in [-0.1, -0.05) is 6.08 Å². The first-order valence-corrected chi connectivity index (χ1v) is 4.94. The fourth-order valence-electron chi connectivity index (χ4n) is 1.21. The monoisotopic (exact) mass is 209 g/mol. The molecule has 2 nitrogen and oxygen atoms in total. The van der Waals surface area contributed by atoms with E-state index in [-0.39, 0.29) is 5.82 Å². The van der Waals surface area contributed by atoms with Gasteiger partial charge in [0, 0.05) is 13.1 Å². The van der Waals surface area contributed by atoms with E-state index < -0.39 is 0 Å². The maximum absolute atomic E-state index is 12.8. The number of rotatable bonds is 6. The molecule has 3 heteroatoms. The molecule has 0 fully saturated rings. The highest BCUT2D eigenvalue weighted by molar-refractivity contribution is 5.32. The molecule has 0 aliphatic rings. The quantitative estimate of drug-likeness (QED) is 0.573.